The molecule has 0 spiro atoms. The first-order chi connectivity index (χ1) is 41.1. The second kappa shape index (κ2) is 66.2. The number of rotatable bonds is 68. The van der Waals surface area contributed by atoms with Crippen LogP contribution in [0.2, 0.25) is 0 Å². The van der Waals surface area contributed by atoms with Crippen LogP contribution in [0.5, 0.6) is 0 Å². The fourth-order valence-electron chi connectivity index (χ4n) is 10.8. The number of esters is 2. The average Bonchev–Trinajstić information content (AvgIpc) is 3.52. The lowest BCUT2D eigenvalue weighted by molar-refractivity contribution is -0.870. The first-order valence-electron chi connectivity index (χ1n) is 36.3. The van der Waals surface area contributed by atoms with Gasteiger partial charge < -0.3 is 28.5 Å². The van der Waals surface area contributed by atoms with E-state index in [9.17, 15) is 19.5 Å². The summed E-state index contributed by atoms with van der Waals surface area (Å²) in [7, 11) is 5.99. The molecule has 492 valence electrons. The summed E-state index contributed by atoms with van der Waals surface area (Å²) < 4.78 is 23.0. The molecule has 1 N–H and O–H groups in total. The summed E-state index contributed by atoms with van der Waals surface area (Å²) in [6.07, 6.45) is 82.5. The molecule has 84 heavy (non-hydrogen) atoms. The van der Waals surface area contributed by atoms with E-state index in [0.29, 0.717) is 17.4 Å². The van der Waals surface area contributed by atoms with Crippen molar-refractivity contribution in [2.75, 3.05) is 47.5 Å². The molecule has 0 aliphatic rings. The third-order valence-corrected chi connectivity index (χ3v) is 16.3. The lowest BCUT2D eigenvalue weighted by Gasteiger charge is -2.25. The number of aliphatic carboxylic acids is 1. The van der Waals surface area contributed by atoms with Crippen molar-refractivity contribution in [3.05, 3.63) is 48.6 Å². The normalized spacial score (nSPS) is 12.9. The van der Waals surface area contributed by atoms with Gasteiger partial charge in [-0.15, -0.1) is 0 Å². The number of hydrogen-bond donors (Lipinski definition) is 1. The van der Waals surface area contributed by atoms with Crippen LogP contribution in [0.1, 0.15) is 354 Å². The third kappa shape index (κ3) is 66.8. The van der Waals surface area contributed by atoms with Gasteiger partial charge in [0.2, 0.25) is 0 Å². The van der Waals surface area contributed by atoms with E-state index in [-0.39, 0.29) is 32.2 Å². The molecule has 0 saturated heterocycles. The Labute approximate surface area is 521 Å². The Kier molecular flexibility index (Phi) is 64.0. The zero-order chi connectivity index (χ0) is 61.2. The molecular weight excluding hydrogens is 1040 g/mol. The van der Waals surface area contributed by atoms with Gasteiger partial charge in [0.25, 0.3) is 6.29 Å². The number of unbranched alkanes of at least 4 members (excludes halogenated alkanes) is 45. The summed E-state index contributed by atoms with van der Waals surface area (Å²) in [4.78, 5) is 37.6. The van der Waals surface area contributed by atoms with Crippen molar-refractivity contribution in [3.8, 4) is 0 Å². The lowest BCUT2D eigenvalue weighted by atomic mass is 10.0. The number of likely N-dealkylation sites (N-methyl/N-ethyl adjacent to an activating group) is 1. The lowest BCUT2D eigenvalue weighted by Crippen LogP contribution is -2.40. The van der Waals surface area contributed by atoms with E-state index in [1.54, 1.807) is 0 Å². The molecule has 0 rings (SSSR count). The Balaban J connectivity index is 4.02. The molecule has 9 nitrogen and oxygen atoms in total. The van der Waals surface area contributed by atoms with Crippen LogP contribution in [0.3, 0.4) is 0 Å². The Morgan fingerprint density at radius 2 is 0.679 bits per heavy atom. The Hall–Kier alpha value is -2.75. The highest BCUT2D eigenvalue weighted by Crippen LogP contribution is 2.19. The summed E-state index contributed by atoms with van der Waals surface area (Å²) in [5, 5.41) is 9.75. The zero-order valence-corrected chi connectivity index (χ0v) is 56.3. The average molecular weight is 1180 g/mol. The quantitative estimate of drug-likeness (QED) is 0.0211. The van der Waals surface area contributed by atoms with Crippen LogP contribution in [0.4, 0.5) is 0 Å². The topological polar surface area (TPSA) is 108 Å². The summed E-state index contributed by atoms with van der Waals surface area (Å²) in [5.74, 6) is -1.98. The van der Waals surface area contributed by atoms with E-state index in [0.717, 1.165) is 64.2 Å². The van der Waals surface area contributed by atoms with E-state index in [1.165, 1.54) is 263 Å². The Morgan fingerprint density at radius 3 is 1.01 bits per heavy atom. The van der Waals surface area contributed by atoms with Crippen molar-refractivity contribution in [2.45, 2.75) is 367 Å². The molecule has 0 fully saturated rings. The molecule has 0 aromatic carbocycles. The van der Waals surface area contributed by atoms with Crippen molar-refractivity contribution >= 4 is 17.9 Å². The summed E-state index contributed by atoms with van der Waals surface area (Å²) in [6, 6.07) is 0. The van der Waals surface area contributed by atoms with Crippen molar-refractivity contribution in [1.82, 2.24) is 0 Å². The molecule has 2 atom stereocenters. The van der Waals surface area contributed by atoms with E-state index in [2.05, 4.69) is 62.5 Å². The fraction of sp³-hybridized carbons (Fsp3) is 0.853. The molecule has 0 radical (unpaired) electrons. The second-order valence-electron chi connectivity index (χ2n) is 25.9. The van der Waals surface area contributed by atoms with Gasteiger partial charge in [-0.2, -0.15) is 0 Å². The zero-order valence-electron chi connectivity index (χ0n) is 56.3. The maximum atomic E-state index is 12.9. The standard InChI is InChI=1S/C75H139NO8/c1-6-8-10-12-14-16-18-20-22-24-26-28-30-32-33-34-35-36-37-38-39-40-42-43-45-47-49-51-53-55-57-59-61-63-65-72(77)82-69-71(70-83-75(74(79)80)81-68-67-76(3,4)5)84-73(78)66-64-62-60-58-56-54-52-50-48-46-44-41-31-29-27-25-23-21-19-17-15-13-11-9-7-2/h9,11,15,17,21,23,27,29,71,75H,6-8,10,12-14,16,18-20,22,24-26,28,30-70H2,1-5H3/p+1/b11-9-,17-15-,23-21-,29-27-. The molecule has 0 saturated carbocycles. The van der Waals surface area contributed by atoms with Gasteiger partial charge in [-0.05, 0) is 51.4 Å². The molecule has 9 heteroatoms. The number of carbonyl (C=O) groups is 3. The van der Waals surface area contributed by atoms with E-state index in [4.69, 9.17) is 18.9 Å². The predicted octanol–water partition coefficient (Wildman–Crippen LogP) is 22.5. The number of carboxylic acid groups (broad SMARTS) is 1. The predicted molar refractivity (Wildman–Crippen MR) is 360 cm³/mol. The van der Waals surface area contributed by atoms with Crippen LogP contribution in [0.15, 0.2) is 48.6 Å². The Bertz CT molecular complexity index is 1520. The van der Waals surface area contributed by atoms with Gasteiger partial charge in [0.05, 0.1) is 34.4 Å². The third-order valence-electron chi connectivity index (χ3n) is 16.3. The van der Waals surface area contributed by atoms with E-state index >= 15 is 0 Å². The van der Waals surface area contributed by atoms with Crippen molar-refractivity contribution in [1.29, 1.82) is 0 Å². The highest BCUT2D eigenvalue weighted by Gasteiger charge is 2.25. The van der Waals surface area contributed by atoms with Crippen molar-refractivity contribution in [3.63, 3.8) is 0 Å². The first kappa shape index (κ1) is 81.2. The number of hydrogen-bond acceptors (Lipinski definition) is 7. The minimum absolute atomic E-state index is 0.179. The molecule has 0 aromatic heterocycles. The van der Waals surface area contributed by atoms with Crippen LogP contribution in [0, 0.1) is 0 Å². The molecule has 0 amide bonds. The van der Waals surface area contributed by atoms with Crippen LogP contribution in [-0.2, 0) is 33.3 Å². The van der Waals surface area contributed by atoms with Crippen LogP contribution >= 0.6 is 0 Å². The minimum atomic E-state index is -1.51. The molecule has 0 aromatic rings. The summed E-state index contributed by atoms with van der Waals surface area (Å²) in [6.45, 7) is 4.83. The monoisotopic (exact) mass is 1180 g/mol. The fourth-order valence-corrected chi connectivity index (χ4v) is 10.8. The van der Waals surface area contributed by atoms with Gasteiger partial charge >= 0.3 is 17.9 Å². The molecule has 0 aliphatic carbocycles. The molecule has 0 aliphatic heterocycles. The van der Waals surface area contributed by atoms with Crippen LogP contribution in [-0.4, -0.2) is 87.4 Å². The minimum Gasteiger partial charge on any atom is -0.477 e. The van der Waals surface area contributed by atoms with E-state index in [1.807, 2.05) is 21.1 Å². The summed E-state index contributed by atoms with van der Waals surface area (Å²) >= 11 is 0. The van der Waals surface area contributed by atoms with Gasteiger partial charge in [-0.3, -0.25) is 9.59 Å². The van der Waals surface area contributed by atoms with Gasteiger partial charge in [0, 0.05) is 12.8 Å². The molecular formula is C75H140NO8+. The second-order valence-corrected chi connectivity index (χ2v) is 25.9. The first-order valence-corrected chi connectivity index (χ1v) is 36.3. The number of nitrogens with zero attached hydrogens (tertiary/aromatic N) is 1. The molecule has 0 heterocycles. The van der Waals surface area contributed by atoms with Gasteiger partial charge in [-0.1, -0.05) is 339 Å². The number of ether oxygens (including phenoxy) is 4. The highest BCUT2D eigenvalue weighted by molar-refractivity contribution is 5.71. The smallest absolute Gasteiger partial charge is 0.361 e. The number of allylic oxidation sites excluding steroid dienone is 8. The van der Waals surface area contributed by atoms with Gasteiger partial charge in [0.15, 0.2) is 6.10 Å². The van der Waals surface area contributed by atoms with Gasteiger partial charge in [0.1, 0.15) is 13.2 Å². The number of carbonyl (C=O) groups excluding carboxylic acids is 2. The largest absolute Gasteiger partial charge is 0.477 e. The van der Waals surface area contributed by atoms with E-state index < -0.39 is 24.3 Å². The van der Waals surface area contributed by atoms with Crippen LogP contribution in [0.25, 0.3) is 0 Å². The maximum Gasteiger partial charge on any atom is 0.361 e. The van der Waals surface area contributed by atoms with Gasteiger partial charge in [-0.25, -0.2) is 4.79 Å². The van der Waals surface area contributed by atoms with Crippen molar-refractivity contribution in [2.24, 2.45) is 0 Å². The summed E-state index contributed by atoms with van der Waals surface area (Å²) in [5.41, 5.74) is 0. The molecule has 2 unspecified atom stereocenters. The highest BCUT2D eigenvalue weighted by atomic mass is 16.7. The molecule has 0 bridgehead atoms. The van der Waals surface area contributed by atoms with Crippen molar-refractivity contribution < 1.29 is 42.9 Å². The maximum absolute atomic E-state index is 12.9. The number of quaternary nitrogens is 1. The van der Waals surface area contributed by atoms with Crippen LogP contribution < -0.4 is 0 Å². The Morgan fingerprint density at radius 1 is 0.369 bits per heavy atom. The number of carboxylic acids is 1. The SMILES string of the molecule is CC/C=C\C/C=C\C/C=C\C/C=C\CCCCCCCCCCCCCCC(=O)OC(COC(=O)CCCCCCCCCCCCCCCCCCCCCCCCCCCCCCCCCCCC)COC(OCC[N+](C)(C)C)C(=O)O.